The fraction of sp³-hybridized carbons (Fsp3) is 0. The summed E-state index contributed by atoms with van der Waals surface area (Å²) in [5, 5.41) is 6.94. The molecule has 4 nitrogen and oxygen atoms in total. The van der Waals surface area contributed by atoms with Crippen molar-refractivity contribution in [3.63, 3.8) is 0 Å². The van der Waals surface area contributed by atoms with E-state index < -0.39 is 0 Å². The van der Waals surface area contributed by atoms with Crippen LogP contribution in [0.1, 0.15) is 0 Å². The predicted molar refractivity (Wildman–Crippen MR) is 241 cm³/mol. The van der Waals surface area contributed by atoms with Crippen molar-refractivity contribution in [3.8, 4) is 27.9 Å². The minimum Gasteiger partial charge on any atom is -0.456 e. The van der Waals surface area contributed by atoms with E-state index in [4.69, 9.17) is 8.83 Å². The highest BCUT2D eigenvalue weighted by Gasteiger charge is 2.19. The molecule has 58 heavy (non-hydrogen) atoms. The number of hydrogen-bond acceptors (Lipinski definition) is 3. The summed E-state index contributed by atoms with van der Waals surface area (Å²) in [6.07, 6.45) is 0. The van der Waals surface area contributed by atoms with E-state index in [2.05, 4.69) is 191 Å². The summed E-state index contributed by atoms with van der Waals surface area (Å²) in [7, 11) is 0. The number of para-hydroxylation sites is 5. The Morgan fingerprint density at radius 2 is 0.793 bits per heavy atom. The van der Waals surface area contributed by atoms with Crippen molar-refractivity contribution in [2.24, 2.45) is 0 Å². The van der Waals surface area contributed by atoms with Crippen LogP contribution in [-0.2, 0) is 0 Å². The number of hydrogen-bond donors (Lipinski definition) is 0. The van der Waals surface area contributed by atoms with E-state index >= 15 is 0 Å². The third kappa shape index (κ3) is 5.09. The lowest BCUT2D eigenvalue weighted by Gasteiger charge is -2.25. The number of benzene rings is 9. The van der Waals surface area contributed by atoms with Gasteiger partial charge in [-0.25, -0.2) is 0 Å². The molecule has 3 aromatic heterocycles. The fourth-order valence-corrected chi connectivity index (χ4v) is 8.92. The van der Waals surface area contributed by atoms with E-state index in [0.717, 1.165) is 77.8 Å². The molecule has 0 N–H and O–H groups in total. The highest BCUT2D eigenvalue weighted by molar-refractivity contribution is 6.10. The van der Waals surface area contributed by atoms with Crippen LogP contribution in [0.15, 0.2) is 215 Å². The topological polar surface area (TPSA) is 34.5 Å². The Balaban J connectivity index is 0.958. The first kappa shape index (κ1) is 32.4. The molecule has 0 unspecified atom stereocenters. The minimum absolute atomic E-state index is 0.850. The quantitative estimate of drug-likeness (QED) is 0.170. The molecule has 12 aromatic rings. The molecule has 0 spiro atoms. The van der Waals surface area contributed by atoms with Crippen LogP contribution in [0.2, 0.25) is 0 Å². The number of fused-ring (bicyclic) bond motifs is 9. The predicted octanol–water partition coefficient (Wildman–Crippen LogP) is 15.4. The average Bonchev–Trinajstić information content (AvgIpc) is 3.96. The second-order valence-corrected chi connectivity index (χ2v) is 14.9. The fourth-order valence-electron chi connectivity index (χ4n) is 8.92. The first-order valence-electron chi connectivity index (χ1n) is 19.7. The van der Waals surface area contributed by atoms with Crippen LogP contribution < -0.4 is 4.90 Å². The molecule has 272 valence electrons. The van der Waals surface area contributed by atoms with Gasteiger partial charge in [0.2, 0.25) is 0 Å². The summed E-state index contributed by atoms with van der Waals surface area (Å²) in [6.45, 7) is 0. The first-order chi connectivity index (χ1) is 28.7. The molecule has 0 aliphatic heterocycles. The van der Waals surface area contributed by atoms with Crippen molar-refractivity contribution in [2.45, 2.75) is 0 Å². The molecular formula is C54H34N2O2. The Hall–Kier alpha value is -7.82. The first-order valence-corrected chi connectivity index (χ1v) is 19.7. The van der Waals surface area contributed by atoms with Crippen LogP contribution >= 0.6 is 0 Å². The van der Waals surface area contributed by atoms with Gasteiger partial charge in [0.15, 0.2) is 0 Å². The van der Waals surface area contributed by atoms with Gasteiger partial charge in [-0.2, -0.15) is 0 Å². The SMILES string of the molecule is c1cc(-c2ccc(N(c3ccc4c(c3)oc3ccccc34)c3ccc4c(c3)oc3ccccc34)cc2)cc(-c2ccccc2-n2c3ccccc3c3ccccc32)c1. The zero-order valence-corrected chi connectivity index (χ0v) is 31.3. The summed E-state index contributed by atoms with van der Waals surface area (Å²) in [6, 6.07) is 73.3. The third-order valence-electron chi connectivity index (χ3n) is 11.6. The summed E-state index contributed by atoms with van der Waals surface area (Å²) < 4.78 is 15.2. The Morgan fingerprint density at radius 1 is 0.310 bits per heavy atom. The molecule has 4 heteroatoms. The van der Waals surface area contributed by atoms with Crippen molar-refractivity contribution in [1.29, 1.82) is 0 Å². The zero-order valence-electron chi connectivity index (χ0n) is 31.3. The van der Waals surface area contributed by atoms with Gasteiger partial charge in [-0.1, -0.05) is 121 Å². The summed E-state index contributed by atoms with van der Waals surface area (Å²) >= 11 is 0. The summed E-state index contributed by atoms with van der Waals surface area (Å²) in [5.41, 5.74) is 14.7. The number of anilines is 3. The Morgan fingerprint density at radius 3 is 1.41 bits per heavy atom. The van der Waals surface area contributed by atoms with Gasteiger partial charge in [-0.15, -0.1) is 0 Å². The van der Waals surface area contributed by atoms with Gasteiger partial charge in [-0.3, -0.25) is 0 Å². The number of furan rings is 2. The molecule has 0 radical (unpaired) electrons. The highest BCUT2D eigenvalue weighted by Crippen LogP contribution is 2.42. The zero-order chi connectivity index (χ0) is 38.2. The molecule has 0 amide bonds. The molecule has 0 aliphatic carbocycles. The van der Waals surface area contributed by atoms with E-state index in [-0.39, 0.29) is 0 Å². The molecule has 0 atom stereocenters. The standard InChI is InChI=1S/C54H34N2O2/c1-6-19-48(56-49-20-7-2-15-42(49)43-16-3-8-21-50(43)56)41(14-1)37-13-11-12-36(32-37)35-24-26-38(27-25-35)55(39-28-30-46-44-17-4-9-22-51(44)57-53(46)33-39)40-29-31-47-45-18-5-10-23-52(45)58-54(47)34-40/h1-34H. The van der Waals surface area contributed by atoms with E-state index in [1.165, 1.54) is 32.9 Å². The summed E-state index contributed by atoms with van der Waals surface area (Å²) in [4.78, 5) is 2.28. The van der Waals surface area contributed by atoms with Gasteiger partial charge in [-0.05, 0) is 89.5 Å². The van der Waals surface area contributed by atoms with Crippen molar-refractivity contribution in [3.05, 3.63) is 206 Å². The molecule has 0 aliphatic rings. The maximum Gasteiger partial charge on any atom is 0.137 e. The summed E-state index contributed by atoms with van der Waals surface area (Å²) in [5.74, 6) is 0. The minimum atomic E-state index is 0.850. The number of rotatable bonds is 6. The van der Waals surface area contributed by atoms with E-state index in [0.29, 0.717) is 0 Å². The normalized spacial score (nSPS) is 11.8. The number of nitrogens with zero attached hydrogens (tertiary/aromatic N) is 2. The lowest BCUT2D eigenvalue weighted by atomic mass is 9.97. The maximum atomic E-state index is 6.38. The van der Waals surface area contributed by atoms with Crippen LogP contribution in [0.5, 0.6) is 0 Å². The molecule has 9 aromatic carbocycles. The lowest BCUT2D eigenvalue weighted by molar-refractivity contribution is 0.669. The highest BCUT2D eigenvalue weighted by atomic mass is 16.3. The smallest absolute Gasteiger partial charge is 0.137 e. The van der Waals surface area contributed by atoms with Crippen molar-refractivity contribution in [1.82, 2.24) is 4.57 Å². The van der Waals surface area contributed by atoms with Crippen LogP contribution in [0.3, 0.4) is 0 Å². The monoisotopic (exact) mass is 742 g/mol. The molecule has 0 bridgehead atoms. The van der Waals surface area contributed by atoms with Crippen molar-refractivity contribution < 1.29 is 8.83 Å². The van der Waals surface area contributed by atoms with Gasteiger partial charge in [0.25, 0.3) is 0 Å². The Kier molecular flexibility index (Phi) is 7.20. The largest absolute Gasteiger partial charge is 0.456 e. The van der Waals surface area contributed by atoms with Crippen molar-refractivity contribution in [2.75, 3.05) is 4.90 Å². The third-order valence-corrected chi connectivity index (χ3v) is 11.6. The second kappa shape index (κ2) is 12.9. The lowest BCUT2D eigenvalue weighted by Crippen LogP contribution is -2.09. The van der Waals surface area contributed by atoms with Gasteiger partial charge < -0.3 is 18.3 Å². The van der Waals surface area contributed by atoms with Gasteiger partial charge in [0.05, 0.1) is 16.7 Å². The van der Waals surface area contributed by atoms with E-state index in [1.807, 2.05) is 24.3 Å². The molecular weight excluding hydrogens is 709 g/mol. The Labute approximate surface area is 334 Å². The van der Waals surface area contributed by atoms with Crippen molar-refractivity contribution >= 4 is 82.7 Å². The van der Waals surface area contributed by atoms with Crippen LogP contribution in [0.4, 0.5) is 17.1 Å². The molecule has 3 heterocycles. The average molecular weight is 743 g/mol. The van der Waals surface area contributed by atoms with Gasteiger partial charge in [0.1, 0.15) is 22.3 Å². The molecule has 0 saturated carbocycles. The number of aromatic nitrogens is 1. The van der Waals surface area contributed by atoms with Crippen LogP contribution in [0.25, 0.3) is 93.6 Å². The maximum absolute atomic E-state index is 6.38. The Bertz CT molecular complexity index is 3360. The van der Waals surface area contributed by atoms with E-state index in [9.17, 15) is 0 Å². The van der Waals surface area contributed by atoms with Crippen LogP contribution in [-0.4, -0.2) is 4.57 Å². The van der Waals surface area contributed by atoms with E-state index in [1.54, 1.807) is 0 Å². The molecule has 0 saturated heterocycles. The molecule has 12 rings (SSSR count). The van der Waals surface area contributed by atoms with Gasteiger partial charge >= 0.3 is 0 Å². The van der Waals surface area contributed by atoms with Crippen LogP contribution in [0, 0.1) is 0 Å². The molecule has 0 fully saturated rings. The van der Waals surface area contributed by atoms with Gasteiger partial charge in [0, 0.05) is 67.1 Å². The second-order valence-electron chi connectivity index (χ2n) is 14.9.